The molecule has 9 heteroatoms. The van der Waals surface area contributed by atoms with E-state index in [1.54, 1.807) is 6.92 Å². The molecule has 2 aromatic rings. The molecule has 0 spiro atoms. The first kappa shape index (κ1) is 18.1. The molecule has 0 saturated carbocycles. The minimum atomic E-state index is -1.60. The number of carbonyl (C=O) groups excluding carboxylic acids is 1. The van der Waals surface area contributed by atoms with Crippen molar-refractivity contribution in [1.29, 1.82) is 0 Å². The molecule has 2 N–H and O–H groups in total. The van der Waals surface area contributed by atoms with Gasteiger partial charge in [0.25, 0.3) is 5.91 Å². The number of amides is 1. The largest absolute Gasteiger partial charge is 0.376 e. The lowest BCUT2D eigenvalue weighted by Gasteiger charge is -2.12. The fourth-order valence-electron chi connectivity index (χ4n) is 2.59. The number of carbonyl (C=O) groups is 1. The van der Waals surface area contributed by atoms with Crippen LogP contribution in [0.2, 0.25) is 0 Å². The molecule has 138 valence electrons. The molecule has 3 rings (SSSR count). The average molecular weight is 366 g/mol. The van der Waals surface area contributed by atoms with Crippen molar-refractivity contribution in [2.45, 2.75) is 25.9 Å². The second-order valence-corrected chi connectivity index (χ2v) is 5.91. The number of nitrogens with zero attached hydrogens (tertiary/aromatic N) is 2. The van der Waals surface area contributed by atoms with Crippen LogP contribution in [0.25, 0.3) is 0 Å². The molecular weight excluding hydrogens is 349 g/mol. The van der Waals surface area contributed by atoms with Gasteiger partial charge in [-0.05, 0) is 38.0 Å². The Kier molecular flexibility index (Phi) is 5.36. The summed E-state index contributed by atoms with van der Waals surface area (Å²) in [6.07, 6.45) is 1.82. The first-order valence-corrected chi connectivity index (χ1v) is 8.10. The monoisotopic (exact) mass is 366 g/mol. The average Bonchev–Trinajstić information content (AvgIpc) is 3.13. The van der Waals surface area contributed by atoms with Crippen molar-refractivity contribution in [1.82, 2.24) is 15.3 Å². The molecule has 1 unspecified atom stereocenters. The summed E-state index contributed by atoms with van der Waals surface area (Å²) >= 11 is 0. The molecule has 2 heterocycles. The predicted molar refractivity (Wildman–Crippen MR) is 87.7 cm³/mol. The van der Waals surface area contributed by atoms with Gasteiger partial charge >= 0.3 is 0 Å². The van der Waals surface area contributed by atoms with Crippen LogP contribution in [0.1, 0.15) is 29.0 Å². The van der Waals surface area contributed by atoms with Crippen molar-refractivity contribution in [2.24, 2.45) is 0 Å². The lowest BCUT2D eigenvalue weighted by Crippen LogP contribution is -2.32. The van der Waals surface area contributed by atoms with Crippen molar-refractivity contribution < 1.29 is 22.7 Å². The van der Waals surface area contributed by atoms with Crippen LogP contribution in [0.15, 0.2) is 18.2 Å². The Morgan fingerprint density at radius 1 is 1.27 bits per heavy atom. The number of halogens is 3. The fraction of sp³-hybridized carbons (Fsp3) is 0.353. The summed E-state index contributed by atoms with van der Waals surface area (Å²) in [6, 6.07) is 3.28. The van der Waals surface area contributed by atoms with Gasteiger partial charge in [0.05, 0.1) is 11.8 Å². The Morgan fingerprint density at radius 2 is 2.08 bits per heavy atom. The summed E-state index contributed by atoms with van der Waals surface area (Å²) in [7, 11) is 0. The highest BCUT2D eigenvalue weighted by Gasteiger charge is 2.19. The number of nitrogens with one attached hydrogen (secondary N) is 2. The molecule has 1 aliphatic heterocycles. The van der Waals surface area contributed by atoms with Crippen LogP contribution in [-0.4, -0.2) is 35.1 Å². The van der Waals surface area contributed by atoms with Gasteiger partial charge in [-0.25, -0.2) is 23.1 Å². The van der Waals surface area contributed by atoms with Gasteiger partial charge in [-0.3, -0.25) is 4.79 Å². The third kappa shape index (κ3) is 4.10. The highest BCUT2D eigenvalue weighted by molar-refractivity contribution is 5.92. The fourth-order valence-corrected chi connectivity index (χ4v) is 2.59. The van der Waals surface area contributed by atoms with Crippen molar-refractivity contribution >= 4 is 17.5 Å². The van der Waals surface area contributed by atoms with E-state index in [0.717, 1.165) is 25.0 Å². The van der Waals surface area contributed by atoms with Crippen LogP contribution < -0.4 is 10.6 Å². The van der Waals surface area contributed by atoms with Gasteiger partial charge in [0.1, 0.15) is 5.69 Å². The van der Waals surface area contributed by atoms with Gasteiger partial charge in [0.2, 0.25) is 5.95 Å². The third-order valence-electron chi connectivity index (χ3n) is 3.88. The highest BCUT2D eigenvalue weighted by Crippen LogP contribution is 2.22. The van der Waals surface area contributed by atoms with Crippen molar-refractivity contribution in [3.63, 3.8) is 0 Å². The molecule has 1 aliphatic rings. The third-order valence-corrected chi connectivity index (χ3v) is 3.88. The zero-order chi connectivity index (χ0) is 18.7. The van der Waals surface area contributed by atoms with Crippen LogP contribution in [0.5, 0.6) is 0 Å². The second kappa shape index (κ2) is 7.69. The first-order chi connectivity index (χ1) is 12.4. The van der Waals surface area contributed by atoms with Crippen molar-refractivity contribution in [3.05, 3.63) is 47.0 Å². The minimum Gasteiger partial charge on any atom is -0.376 e. The summed E-state index contributed by atoms with van der Waals surface area (Å²) in [5.74, 6) is -4.82. The summed E-state index contributed by atoms with van der Waals surface area (Å²) in [6.45, 7) is 2.68. The highest BCUT2D eigenvalue weighted by atomic mass is 19.2. The van der Waals surface area contributed by atoms with E-state index < -0.39 is 23.4 Å². The molecule has 0 aliphatic carbocycles. The molecule has 0 radical (unpaired) electrons. The number of aryl methyl sites for hydroxylation is 1. The molecule has 1 aromatic carbocycles. The van der Waals surface area contributed by atoms with E-state index in [9.17, 15) is 18.0 Å². The van der Waals surface area contributed by atoms with Crippen LogP contribution in [0.3, 0.4) is 0 Å². The first-order valence-electron chi connectivity index (χ1n) is 8.10. The van der Waals surface area contributed by atoms with Gasteiger partial charge in [0.15, 0.2) is 17.5 Å². The standard InChI is InChI=1S/C17H17F3N4O2/c1-9-7-13(16(25)21-8-10-3-2-6-26-10)24-17(22-9)23-12-5-4-11(18)14(19)15(12)20/h4-5,7,10H,2-3,6,8H2,1H3,(H,21,25)(H,22,23,24). The van der Waals surface area contributed by atoms with Crippen LogP contribution in [0.4, 0.5) is 24.8 Å². The van der Waals surface area contributed by atoms with Crippen LogP contribution >= 0.6 is 0 Å². The number of aromatic nitrogens is 2. The predicted octanol–water partition coefficient (Wildman–Crippen LogP) is 2.85. The number of hydrogen-bond donors (Lipinski definition) is 2. The van der Waals surface area contributed by atoms with E-state index in [0.29, 0.717) is 18.8 Å². The Labute approximate surface area is 147 Å². The van der Waals surface area contributed by atoms with E-state index in [1.165, 1.54) is 6.07 Å². The van der Waals surface area contributed by atoms with Gasteiger partial charge < -0.3 is 15.4 Å². The Morgan fingerprint density at radius 3 is 2.81 bits per heavy atom. The van der Waals surface area contributed by atoms with Gasteiger partial charge in [-0.2, -0.15) is 0 Å². The molecule has 0 bridgehead atoms. The van der Waals surface area contributed by atoms with E-state index >= 15 is 0 Å². The molecule has 6 nitrogen and oxygen atoms in total. The SMILES string of the molecule is Cc1cc(C(=O)NCC2CCCO2)nc(Nc2ccc(F)c(F)c2F)n1. The maximum atomic E-state index is 13.8. The second-order valence-electron chi connectivity index (χ2n) is 5.91. The quantitative estimate of drug-likeness (QED) is 0.796. The molecule has 26 heavy (non-hydrogen) atoms. The van der Waals surface area contributed by atoms with E-state index in [2.05, 4.69) is 20.6 Å². The van der Waals surface area contributed by atoms with E-state index in [-0.39, 0.29) is 23.4 Å². The summed E-state index contributed by atoms with van der Waals surface area (Å²) in [4.78, 5) is 20.3. The maximum Gasteiger partial charge on any atom is 0.270 e. The number of anilines is 2. The van der Waals surface area contributed by atoms with E-state index in [1.807, 2.05) is 0 Å². The Bertz CT molecular complexity index is 826. The smallest absolute Gasteiger partial charge is 0.270 e. The van der Waals surface area contributed by atoms with Gasteiger partial charge in [0, 0.05) is 18.8 Å². The maximum absolute atomic E-state index is 13.8. The van der Waals surface area contributed by atoms with Gasteiger partial charge in [-0.1, -0.05) is 0 Å². The summed E-state index contributed by atoms with van der Waals surface area (Å²) in [5.41, 5.74) is 0.189. The summed E-state index contributed by atoms with van der Waals surface area (Å²) in [5, 5.41) is 5.19. The number of ether oxygens (including phenoxy) is 1. The van der Waals surface area contributed by atoms with Gasteiger partial charge in [-0.15, -0.1) is 0 Å². The van der Waals surface area contributed by atoms with Crippen molar-refractivity contribution in [3.8, 4) is 0 Å². The van der Waals surface area contributed by atoms with Crippen LogP contribution in [-0.2, 0) is 4.74 Å². The van der Waals surface area contributed by atoms with E-state index in [4.69, 9.17) is 4.74 Å². The summed E-state index contributed by atoms with van der Waals surface area (Å²) < 4.78 is 45.5. The topological polar surface area (TPSA) is 76.1 Å². The molecule has 1 aromatic heterocycles. The van der Waals surface area contributed by atoms with Crippen molar-refractivity contribution in [2.75, 3.05) is 18.5 Å². The number of hydrogen-bond acceptors (Lipinski definition) is 5. The Hall–Kier alpha value is -2.68. The lowest BCUT2D eigenvalue weighted by molar-refractivity contribution is 0.0853. The molecule has 1 fully saturated rings. The number of benzene rings is 1. The molecule has 1 saturated heterocycles. The minimum absolute atomic E-state index is 0.0178. The zero-order valence-corrected chi connectivity index (χ0v) is 14.0. The Balaban J connectivity index is 1.75. The lowest BCUT2D eigenvalue weighted by atomic mass is 10.2. The normalized spacial score (nSPS) is 16.5. The number of rotatable bonds is 5. The zero-order valence-electron chi connectivity index (χ0n) is 14.0. The molecular formula is C17H17F3N4O2. The molecule has 1 atom stereocenters. The van der Waals surface area contributed by atoms with Crippen LogP contribution in [0, 0.1) is 24.4 Å². The molecule has 1 amide bonds.